The summed E-state index contributed by atoms with van der Waals surface area (Å²) in [6, 6.07) is 14.2. The number of hydrogen-bond donors (Lipinski definition) is 2. The Morgan fingerprint density at radius 2 is 1.88 bits per heavy atom. The fourth-order valence-corrected chi connectivity index (χ4v) is 3.45. The van der Waals surface area contributed by atoms with Crippen LogP contribution in [-0.2, 0) is 4.79 Å². The highest BCUT2D eigenvalue weighted by atomic mass is 16.3. The van der Waals surface area contributed by atoms with Crippen molar-refractivity contribution in [3.05, 3.63) is 60.1 Å². The predicted octanol–water partition coefficient (Wildman–Crippen LogP) is 2.77. The van der Waals surface area contributed by atoms with Gasteiger partial charge < -0.3 is 15.1 Å². The van der Waals surface area contributed by atoms with Crippen molar-refractivity contribution in [1.82, 2.24) is 5.32 Å². The summed E-state index contributed by atoms with van der Waals surface area (Å²) >= 11 is 0. The molecule has 0 radical (unpaired) electrons. The molecule has 0 bridgehead atoms. The monoisotopic (exact) mass is 327 g/mol. The second-order valence-corrected chi connectivity index (χ2v) is 6.73. The third-order valence-corrected chi connectivity index (χ3v) is 4.85. The lowest BCUT2D eigenvalue weighted by Gasteiger charge is -2.25. The van der Waals surface area contributed by atoms with Gasteiger partial charge in [0.25, 0.3) is 5.91 Å². The average molecular weight is 327 g/mol. The van der Waals surface area contributed by atoms with Gasteiger partial charge in [-0.15, -0.1) is 0 Å². The van der Waals surface area contributed by atoms with E-state index in [0.717, 1.165) is 24.2 Å². The van der Waals surface area contributed by atoms with E-state index >= 15 is 0 Å². The van der Waals surface area contributed by atoms with E-state index in [1.807, 2.05) is 37.3 Å². The first-order chi connectivity index (χ1) is 11.7. The van der Waals surface area contributed by atoms with Gasteiger partial charge in [-0.2, -0.15) is 0 Å². The van der Waals surface area contributed by atoms with Crippen LogP contribution in [0.15, 0.2) is 53.1 Å². The lowest BCUT2D eigenvalue weighted by molar-refractivity contribution is -0.706. The van der Waals surface area contributed by atoms with Crippen molar-refractivity contribution in [2.45, 2.75) is 57.2 Å². The van der Waals surface area contributed by atoms with Crippen LogP contribution in [0.25, 0.3) is 0 Å². The fraction of sp³-hybridized carbons (Fsp3) is 0.450. The van der Waals surface area contributed by atoms with Gasteiger partial charge in [-0.05, 0) is 31.9 Å². The first-order valence-corrected chi connectivity index (χ1v) is 8.98. The molecule has 128 valence electrons. The zero-order valence-electron chi connectivity index (χ0n) is 14.3. The SMILES string of the molecule is C[C@@H]([NH2+][C@H](c1ccccc1)c1ccco1)C(=O)NC1CCCCC1. The van der Waals surface area contributed by atoms with Gasteiger partial charge in [-0.3, -0.25) is 4.79 Å². The van der Waals surface area contributed by atoms with E-state index in [-0.39, 0.29) is 18.0 Å². The van der Waals surface area contributed by atoms with Crippen LogP contribution in [-0.4, -0.2) is 18.0 Å². The van der Waals surface area contributed by atoms with Crippen molar-refractivity contribution in [2.75, 3.05) is 0 Å². The highest BCUT2D eigenvalue weighted by Crippen LogP contribution is 2.19. The van der Waals surface area contributed by atoms with Crippen LogP contribution in [0.1, 0.15) is 56.4 Å². The maximum Gasteiger partial charge on any atom is 0.278 e. The van der Waals surface area contributed by atoms with Crippen LogP contribution >= 0.6 is 0 Å². The van der Waals surface area contributed by atoms with Crippen molar-refractivity contribution in [3.63, 3.8) is 0 Å². The Hall–Kier alpha value is -2.07. The van der Waals surface area contributed by atoms with E-state index in [1.54, 1.807) is 6.26 Å². The second kappa shape index (κ2) is 8.15. The van der Waals surface area contributed by atoms with E-state index in [9.17, 15) is 4.79 Å². The lowest BCUT2D eigenvalue weighted by atomic mass is 9.95. The number of furan rings is 1. The van der Waals surface area contributed by atoms with Gasteiger partial charge in [0.05, 0.1) is 6.26 Å². The molecule has 1 aromatic heterocycles. The van der Waals surface area contributed by atoms with Gasteiger partial charge in [-0.1, -0.05) is 49.6 Å². The van der Waals surface area contributed by atoms with E-state index in [2.05, 4.69) is 22.8 Å². The molecule has 3 N–H and O–H groups in total. The molecule has 4 nitrogen and oxygen atoms in total. The minimum absolute atomic E-state index is 0.00620. The predicted molar refractivity (Wildman–Crippen MR) is 93.4 cm³/mol. The highest BCUT2D eigenvalue weighted by Gasteiger charge is 2.28. The number of carbonyl (C=O) groups is 1. The minimum atomic E-state index is -0.165. The molecule has 1 heterocycles. The largest absolute Gasteiger partial charge is 0.463 e. The number of rotatable bonds is 6. The molecular weight excluding hydrogens is 300 g/mol. The first kappa shape index (κ1) is 16.8. The van der Waals surface area contributed by atoms with Crippen molar-refractivity contribution >= 4 is 5.91 Å². The quantitative estimate of drug-likeness (QED) is 0.857. The van der Waals surface area contributed by atoms with Crippen LogP contribution in [0.3, 0.4) is 0 Å². The van der Waals surface area contributed by atoms with Crippen LogP contribution in [0.4, 0.5) is 0 Å². The summed E-state index contributed by atoms with van der Waals surface area (Å²) in [6.45, 7) is 1.97. The molecule has 0 aliphatic heterocycles. The Bertz CT molecular complexity index is 618. The number of hydrogen-bond acceptors (Lipinski definition) is 2. The van der Waals surface area contributed by atoms with E-state index in [0.29, 0.717) is 6.04 Å². The van der Waals surface area contributed by atoms with Gasteiger partial charge in [0.15, 0.2) is 17.8 Å². The summed E-state index contributed by atoms with van der Waals surface area (Å²) in [5.74, 6) is 0.993. The molecule has 2 atom stereocenters. The first-order valence-electron chi connectivity index (χ1n) is 8.98. The Labute approximate surface area is 143 Å². The van der Waals surface area contributed by atoms with Crippen LogP contribution in [0.2, 0.25) is 0 Å². The van der Waals surface area contributed by atoms with Crippen molar-refractivity contribution < 1.29 is 14.5 Å². The number of quaternary nitrogens is 1. The summed E-state index contributed by atoms with van der Waals surface area (Å²) in [6.07, 6.45) is 7.65. The normalized spacial score (nSPS) is 18.0. The standard InChI is InChI=1S/C20H26N2O2/c1-15(20(23)22-17-11-6-3-7-12-17)21-19(18-13-8-14-24-18)16-9-4-2-5-10-16/h2,4-5,8-10,13-15,17,19,21H,3,6-7,11-12H2,1H3,(H,22,23)/p+1/t15-,19-/m1/s1. The topological polar surface area (TPSA) is 58.9 Å². The molecule has 1 amide bonds. The lowest BCUT2D eigenvalue weighted by Crippen LogP contribution is -2.93. The average Bonchev–Trinajstić information content (AvgIpc) is 3.15. The number of amides is 1. The minimum Gasteiger partial charge on any atom is -0.463 e. The molecular formula is C20H27N2O2+. The summed E-state index contributed by atoms with van der Waals surface area (Å²) in [5, 5.41) is 5.31. The second-order valence-electron chi connectivity index (χ2n) is 6.73. The summed E-state index contributed by atoms with van der Waals surface area (Å²) in [4.78, 5) is 12.6. The summed E-state index contributed by atoms with van der Waals surface area (Å²) < 4.78 is 5.62. The Morgan fingerprint density at radius 3 is 2.54 bits per heavy atom. The number of benzene rings is 1. The summed E-state index contributed by atoms with van der Waals surface area (Å²) in [5.41, 5.74) is 1.14. The zero-order chi connectivity index (χ0) is 16.8. The molecule has 1 fully saturated rings. The molecule has 3 rings (SSSR count). The van der Waals surface area contributed by atoms with Crippen LogP contribution < -0.4 is 10.6 Å². The molecule has 24 heavy (non-hydrogen) atoms. The molecule has 1 aromatic carbocycles. The van der Waals surface area contributed by atoms with Crippen LogP contribution in [0, 0.1) is 0 Å². The number of nitrogens with one attached hydrogen (secondary N) is 1. The van der Waals surface area contributed by atoms with Gasteiger partial charge in [0.1, 0.15) is 0 Å². The number of nitrogens with two attached hydrogens (primary N) is 1. The molecule has 0 unspecified atom stereocenters. The molecule has 0 spiro atoms. The summed E-state index contributed by atoms with van der Waals surface area (Å²) in [7, 11) is 0. The smallest absolute Gasteiger partial charge is 0.278 e. The zero-order valence-corrected chi connectivity index (χ0v) is 14.3. The van der Waals surface area contributed by atoms with E-state index in [1.165, 1.54) is 19.3 Å². The Kier molecular flexibility index (Phi) is 5.70. The Morgan fingerprint density at radius 1 is 1.12 bits per heavy atom. The van der Waals surface area contributed by atoms with Crippen molar-refractivity contribution in [1.29, 1.82) is 0 Å². The highest BCUT2D eigenvalue weighted by molar-refractivity contribution is 5.80. The Balaban J connectivity index is 1.66. The third kappa shape index (κ3) is 4.26. The molecule has 2 aromatic rings. The van der Waals surface area contributed by atoms with Crippen molar-refractivity contribution in [3.8, 4) is 0 Å². The third-order valence-electron chi connectivity index (χ3n) is 4.85. The van der Waals surface area contributed by atoms with Gasteiger partial charge >= 0.3 is 0 Å². The number of carbonyl (C=O) groups excluding carboxylic acids is 1. The maximum absolute atomic E-state index is 12.6. The van der Waals surface area contributed by atoms with Gasteiger partial charge in [-0.25, -0.2) is 0 Å². The van der Waals surface area contributed by atoms with Gasteiger partial charge in [0, 0.05) is 11.6 Å². The van der Waals surface area contributed by atoms with Crippen molar-refractivity contribution in [2.24, 2.45) is 0 Å². The maximum atomic E-state index is 12.6. The molecule has 4 heteroatoms. The van der Waals surface area contributed by atoms with Gasteiger partial charge in [0.2, 0.25) is 0 Å². The van der Waals surface area contributed by atoms with E-state index in [4.69, 9.17) is 4.42 Å². The molecule has 1 aliphatic carbocycles. The molecule has 1 aliphatic rings. The fourth-order valence-electron chi connectivity index (χ4n) is 3.45. The van der Waals surface area contributed by atoms with E-state index < -0.39 is 0 Å². The van der Waals surface area contributed by atoms with Crippen LogP contribution in [0.5, 0.6) is 0 Å². The molecule has 1 saturated carbocycles. The molecule has 0 saturated heterocycles.